The summed E-state index contributed by atoms with van der Waals surface area (Å²) in [5.41, 5.74) is 2.19. The standard InChI is InChI=1S/C21H22N4O4S3/c1-2-3-10-25-17-9-8-14(32(22,27)28)11-16(17)23-19(25)12-29-20(26)13-30-21-24-15-6-4-5-7-18(15)31-21/h4-9,11H,2-3,10,12-13H2,1H3,(H2,22,27,28). The number of imidazole rings is 1. The highest BCUT2D eigenvalue weighted by Gasteiger charge is 2.16. The molecule has 0 amide bonds. The first-order chi connectivity index (χ1) is 15.3. The molecule has 0 unspecified atom stereocenters. The second kappa shape index (κ2) is 9.57. The Labute approximate surface area is 193 Å². The van der Waals surface area contributed by atoms with E-state index in [1.54, 1.807) is 6.07 Å². The van der Waals surface area contributed by atoms with Gasteiger partial charge in [0.25, 0.3) is 0 Å². The minimum absolute atomic E-state index is 0.000853. The number of carbonyl (C=O) groups excluding carboxylic acids is 1. The van der Waals surface area contributed by atoms with Crippen molar-refractivity contribution in [2.75, 3.05) is 5.75 Å². The summed E-state index contributed by atoms with van der Waals surface area (Å²) in [6.45, 7) is 2.77. The molecule has 11 heteroatoms. The summed E-state index contributed by atoms with van der Waals surface area (Å²) in [6.07, 6.45) is 1.89. The normalized spacial score (nSPS) is 11.9. The van der Waals surface area contributed by atoms with Crippen LogP contribution in [-0.4, -0.2) is 34.7 Å². The third kappa shape index (κ3) is 5.12. The number of para-hydroxylation sites is 1. The minimum Gasteiger partial charge on any atom is -0.457 e. The average molecular weight is 491 g/mol. The zero-order valence-corrected chi connectivity index (χ0v) is 19.8. The Hall–Kier alpha value is -2.47. The van der Waals surface area contributed by atoms with Crippen molar-refractivity contribution in [2.45, 2.75) is 42.2 Å². The summed E-state index contributed by atoms with van der Waals surface area (Å²) < 4.78 is 32.6. The molecule has 0 fully saturated rings. The lowest BCUT2D eigenvalue weighted by Gasteiger charge is -2.09. The van der Waals surface area contributed by atoms with Crippen molar-refractivity contribution < 1.29 is 17.9 Å². The topological polar surface area (TPSA) is 117 Å². The molecule has 0 bridgehead atoms. The van der Waals surface area contributed by atoms with Crippen LogP contribution in [0.2, 0.25) is 0 Å². The third-order valence-electron chi connectivity index (χ3n) is 4.81. The highest BCUT2D eigenvalue weighted by Crippen LogP contribution is 2.29. The Morgan fingerprint density at radius 3 is 2.75 bits per heavy atom. The van der Waals surface area contributed by atoms with E-state index in [0.717, 1.165) is 32.9 Å². The first kappa shape index (κ1) is 22.7. The number of thioether (sulfide) groups is 1. The zero-order valence-electron chi connectivity index (χ0n) is 17.4. The fraction of sp³-hybridized carbons (Fsp3) is 0.286. The van der Waals surface area contributed by atoms with Crippen LogP contribution in [0, 0.1) is 0 Å². The van der Waals surface area contributed by atoms with Crippen LogP contribution in [0.1, 0.15) is 25.6 Å². The number of aromatic nitrogens is 3. The quantitative estimate of drug-likeness (QED) is 0.279. The van der Waals surface area contributed by atoms with E-state index < -0.39 is 10.0 Å². The van der Waals surface area contributed by atoms with Crippen molar-refractivity contribution in [1.82, 2.24) is 14.5 Å². The predicted molar refractivity (Wildman–Crippen MR) is 126 cm³/mol. The molecule has 0 aliphatic rings. The van der Waals surface area contributed by atoms with Gasteiger partial charge in [-0.25, -0.2) is 23.5 Å². The van der Waals surface area contributed by atoms with Crippen molar-refractivity contribution in [3.8, 4) is 0 Å². The Morgan fingerprint density at radius 1 is 1.19 bits per heavy atom. The van der Waals surface area contributed by atoms with Gasteiger partial charge in [0, 0.05) is 6.54 Å². The van der Waals surface area contributed by atoms with Crippen LogP contribution in [0.15, 0.2) is 51.7 Å². The maximum absolute atomic E-state index is 12.3. The number of esters is 1. The number of hydrogen-bond acceptors (Lipinski definition) is 8. The molecule has 2 heterocycles. The molecule has 0 aliphatic heterocycles. The van der Waals surface area contributed by atoms with Gasteiger partial charge in [-0.3, -0.25) is 4.79 Å². The second-order valence-electron chi connectivity index (χ2n) is 7.13. The maximum atomic E-state index is 12.3. The number of rotatable bonds is 9. The number of nitrogens with zero attached hydrogens (tertiary/aromatic N) is 3. The number of primary sulfonamides is 1. The highest BCUT2D eigenvalue weighted by molar-refractivity contribution is 8.01. The van der Waals surface area contributed by atoms with Gasteiger partial charge in [0.1, 0.15) is 12.4 Å². The number of benzene rings is 2. The number of nitrogens with two attached hydrogens (primary N) is 1. The molecule has 2 aromatic carbocycles. The first-order valence-corrected chi connectivity index (χ1v) is 13.4. The van der Waals surface area contributed by atoms with Gasteiger partial charge in [-0.2, -0.15) is 0 Å². The van der Waals surface area contributed by atoms with Crippen molar-refractivity contribution in [2.24, 2.45) is 5.14 Å². The van der Waals surface area contributed by atoms with Crippen LogP contribution >= 0.6 is 23.1 Å². The molecule has 168 valence electrons. The summed E-state index contributed by atoms with van der Waals surface area (Å²) in [6, 6.07) is 12.4. The molecule has 4 aromatic rings. The predicted octanol–water partition coefficient (Wildman–Crippen LogP) is 3.93. The van der Waals surface area contributed by atoms with Crippen LogP contribution < -0.4 is 5.14 Å². The largest absolute Gasteiger partial charge is 0.457 e. The molecule has 0 spiro atoms. The fourth-order valence-electron chi connectivity index (χ4n) is 3.23. The molecule has 32 heavy (non-hydrogen) atoms. The number of carbonyl (C=O) groups is 1. The minimum atomic E-state index is -3.83. The van der Waals surface area contributed by atoms with Gasteiger partial charge in [0.05, 0.1) is 31.9 Å². The molecule has 0 atom stereocenters. The Kier molecular flexibility index (Phi) is 6.79. The highest BCUT2D eigenvalue weighted by atomic mass is 32.2. The first-order valence-electron chi connectivity index (χ1n) is 10.0. The number of unbranched alkanes of at least 4 members (excludes halogenated alkanes) is 1. The van der Waals surface area contributed by atoms with Crippen LogP contribution in [0.4, 0.5) is 0 Å². The number of sulfonamides is 1. The summed E-state index contributed by atoms with van der Waals surface area (Å²) in [5.74, 6) is 0.344. The van der Waals surface area contributed by atoms with Gasteiger partial charge in [0.15, 0.2) is 4.34 Å². The molecular formula is C21H22N4O4S3. The smallest absolute Gasteiger partial charge is 0.316 e. The molecule has 0 radical (unpaired) electrons. The number of aryl methyl sites for hydroxylation is 1. The number of fused-ring (bicyclic) bond motifs is 2. The van der Waals surface area contributed by atoms with Gasteiger partial charge in [-0.1, -0.05) is 37.2 Å². The number of thiazole rings is 1. The van der Waals surface area contributed by atoms with Crippen molar-refractivity contribution in [3.05, 3.63) is 48.3 Å². The van der Waals surface area contributed by atoms with Crippen LogP contribution in [0.3, 0.4) is 0 Å². The van der Waals surface area contributed by atoms with Crippen LogP contribution in [0.5, 0.6) is 0 Å². The number of hydrogen-bond donors (Lipinski definition) is 1. The van der Waals surface area contributed by atoms with E-state index in [4.69, 9.17) is 9.88 Å². The van der Waals surface area contributed by atoms with Crippen molar-refractivity contribution >= 4 is 60.3 Å². The molecule has 8 nitrogen and oxygen atoms in total. The Balaban J connectivity index is 1.46. The van der Waals surface area contributed by atoms with Gasteiger partial charge in [0.2, 0.25) is 10.0 Å². The monoisotopic (exact) mass is 490 g/mol. The maximum Gasteiger partial charge on any atom is 0.316 e. The lowest BCUT2D eigenvalue weighted by molar-refractivity contribution is -0.142. The molecule has 4 rings (SSSR count). The molecule has 0 saturated heterocycles. The summed E-state index contributed by atoms with van der Waals surface area (Å²) in [5, 5.41) is 5.24. The van der Waals surface area contributed by atoms with E-state index in [2.05, 4.69) is 16.9 Å². The molecule has 0 aliphatic carbocycles. The molecular weight excluding hydrogens is 468 g/mol. The molecule has 0 saturated carbocycles. The van der Waals surface area contributed by atoms with Gasteiger partial charge in [-0.05, 0) is 36.8 Å². The summed E-state index contributed by atoms with van der Waals surface area (Å²) >= 11 is 2.88. The average Bonchev–Trinajstić information content (AvgIpc) is 3.34. The van der Waals surface area contributed by atoms with E-state index in [0.29, 0.717) is 17.9 Å². The van der Waals surface area contributed by atoms with E-state index in [1.807, 2.05) is 28.8 Å². The second-order valence-corrected chi connectivity index (χ2v) is 10.9. The lowest BCUT2D eigenvalue weighted by Crippen LogP contribution is -2.12. The lowest BCUT2D eigenvalue weighted by atomic mass is 10.3. The molecule has 2 aromatic heterocycles. The Bertz CT molecular complexity index is 1350. The summed E-state index contributed by atoms with van der Waals surface area (Å²) in [7, 11) is -3.83. The van der Waals surface area contributed by atoms with Crippen molar-refractivity contribution in [3.63, 3.8) is 0 Å². The van der Waals surface area contributed by atoms with E-state index in [9.17, 15) is 13.2 Å². The SMILES string of the molecule is CCCCn1c(COC(=O)CSc2nc3ccccc3s2)nc2cc(S(N)(=O)=O)ccc21. The fourth-order valence-corrected chi connectivity index (χ4v) is 5.63. The van der Waals surface area contributed by atoms with Crippen LogP contribution in [0.25, 0.3) is 21.3 Å². The van der Waals surface area contributed by atoms with E-state index in [1.165, 1.54) is 35.2 Å². The van der Waals surface area contributed by atoms with Gasteiger partial charge >= 0.3 is 5.97 Å². The van der Waals surface area contributed by atoms with Gasteiger partial charge in [-0.15, -0.1) is 11.3 Å². The number of ether oxygens (including phenoxy) is 1. The van der Waals surface area contributed by atoms with Gasteiger partial charge < -0.3 is 9.30 Å². The van der Waals surface area contributed by atoms with Crippen molar-refractivity contribution in [1.29, 1.82) is 0 Å². The summed E-state index contributed by atoms with van der Waals surface area (Å²) in [4.78, 5) is 21.3. The Morgan fingerprint density at radius 2 is 2.00 bits per heavy atom. The molecule has 2 N–H and O–H groups in total. The van der Waals surface area contributed by atoms with Crippen LogP contribution in [-0.2, 0) is 32.7 Å². The zero-order chi connectivity index (χ0) is 22.7. The van der Waals surface area contributed by atoms with E-state index >= 15 is 0 Å². The third-order valence-corrected chi connectivity index (χ3v) is 7.88. The van der Waals surface area contributed by atoms with E-state index in [-0.39, 0.29) is 23.2 Å².